The Morgan fingerprint density at radius 1 is 1.37 bits per heavy atom. The molecule has 2 heterocycles. The van der Waals surface area contributed by atoms with Crippen molar-refractivity contribution in [1.82, 2.24) is 14.5 Å². The van der Waals surface area contributed by atoms with Gasteiger partial charge in [0.2, 0.25) is 0 Å². The van der Waals surface area contributed by atoms with Crippen LogP contribution in [0.1, 0.15) is 57.3 Å². The van der Waals surface area contributed by atoms with E-state index >= 15 is 0 Å². The molecule has 2 unspecified atom stereocenters. The van der Waals surface area contributed by atoms with Crippen LogP contribution in [-0.4, -0.2) is 20.6 Å². The van der Waals surface area contributed by atoms with Gasteiger partial charge in [-0.2, -0.15) is 0 Å². The number of rotatable bonds is 2. The summed E-state index contributed by atoms with van der Waals surface area (Å²) in [7, 11) is 0. The van der Waals surface area contributed by atoms with Gasteiger partial charge in [0.1, 0.15) is 11.3 Å². The summed E-state index contributed by atoms with van der Waals surface area (Å²) in [6.45, 7) is 4.39. The summed E-state index contributed by atoms with van der Waals surface area (Å²) in [6, 6.07) is 4.71. The number of hydrogen-bond acceptors (Lipinski definition) is 3. The lowest BCUT2D eigenvalue weighted by Crippen LogP contribution is -2.28. The first-order valence-electron chi connectivity index (χ1n) is 7.25. The Balaban J connectivity index is 2.09. The molecule has 0 aromatic carbocycles. The second kappa shape index (κ2) is 4.93. The van der Waals surface area contributed by atoms with Gasteiger partial charge in [0, 0.05) is 24.2 Å². The second-order valence-electron chi connectivity index (χ2n) is 5.90. The van der Waals surface area contributed by atoms with E-state index in [1.807, 2.05) is 18.3 Å². The van der Waals surface area contributed by atoms with Gasteiger partial charge in [-0.25, -0.2) is 9.97 Å². The molecule has 0 saturated heterocycles. The lowest BCUT2D eigenvalue weighted by Gasteiger charge is -2.27. The Labute approximate surface area is 114 Å². The highest BCUT2D eigenvalue weighted by atomic mass is 15.1. The molecule has 2 atom stereocenters. The van der Waals surface area contributed by atoms with Gasteiger partial charge < -0.3 is 10.3 Å². The zero-order valence-electron chi connectivity index (χ0n) is 11.7. The van der Waals surface area contributed by atoms with Gasteiger partial charge in [0.05, 0.1) is 0 Å². The molecule has 0 bridgehead atoms. The first-order valence-corrected chi connectivity index (χ1v) is 7.25. The molecular formula is C15H22N4. The van der Waals surface area contributed by atoms with E-state index < -0.39 is 0 Å². The summed E-state index contributed by atoms with van der Waals surface area (Å²) in [5, 5.41) is 0. The zero-order valence-corrected chi connectivity index (χ0v) is 11.7. The Morgan fingerprint density at radius 3 is 2.95 bits per heavy atom. The Hall–Kier alpha value is -1.42. The first kappa shape index (κ1) is 12.6. The van der Waals surface area contributed by atoms with Crippen molar-refractivity contribution in [1.29, 1.82) is 0 Å². The van der Waals surface area contributed by atoms with Crippen molar-refractivity contribution < 1.29 is 0 Å². The van der Waals surface area contributed by atoms with E-state index in [4.69, 9.17) is 10.7 Å². The maximum absolute atomic E-state index is 6.13. The highest BCUT2D eigenvalue weighted by molar-refractivity contribution is 5.71. The van der Waals surface area contributed by atoms with E-state index in [9.17, 15) is 0 Å². The first-order chi connectivity index (χ1) is 9.16. The van der Waals surface area contributed by atoms with Crippen molar-refractivity contribution in [2.45, 2.75) is 57.5 Å². The maximum Gasteiger partial charge on any atom is 0.160 e. The zero-order chi connectivity index (χ0) is 13.4. The van der Waals surface area contributed by atoms with E-state index in [2.05, 4.69) is 23.4 Å². The molecule has 0 amide bonds. The monoisotopic (exact) mass is 258 g/mol. The molecule has 1 fully saturated rings. The summed E-state index contributed by atoms with van der Waals surface area (Å²) < 4.78 is 2.29. The van der Waals surface area contributed by atoms with E-state index in [-0.39, 0.29) is 0 Å². The fraction of sp³-hybridized carbons (Fsp3) is 0.600. The predicted molar refractivity (Wildman–Crippen MR) is 77.1 cm³/mol. The average molecular weight is 258 g/mol. The van der Waals surface area contributed by atoms with Crippen molar-refractivity contribution in [3.05, 3.63) is 24.2 Å². The minimum absolute atomic E-state index is 0.326. The molecule has 4 heteroatoms. The molecular weight excluding hydrogens is 236 g/mol. The molecule has 2 aromatic heterocycles. The number of pyridine rings is 1. The SMILES string of the molecule is CC(C)n1c(C2CCCC(N)C2)nc2cccnc21. The van der Waals surface area contributed by atoms with E-state index in [1.54, 1.807) is 0 Å². The van der Waals surface area contributed by atoms with Crippen LogP contribution in [0.25, 0.3) is 11.2 Å². The van der Waals surface area contributed by atoms with Crippen LogP contribution in [0.5, 0.6) is 0 Å². The number of hydrogen-bond donors (Lipinski definition) is 1. The molecule has 1 saturated carbocycles. The fourth-order valence-electron chi connectivity index (χ4n) is 3.21. The normalized spacial score (nSPS) is 24.2. The summed E-state index contributed by atoms with van der Waals surface area (Å²) in [5.41, 5.74) is 8.14. The quantitative estimate of drug-likeness (QED) is 0.901. The summed E-state index contributed by atoms with van der Waals surface area (Å²) >= 11 is 0. The number of nitrogens with two attached hydrogens (primary N) is 1. The molecule has 1 aliphatic rings. The van der Waals surface area contributed by atoms with E-state index in [0.29, 0.717) is 18.0 Å². The molecule has 2 aromatic rings. The fourth-order valence-corrected chi connectivity index (χ4v) is 3.21. The molecule has 4 nitrogen and oxygen atoms in total. The van der Waals surface area contributed by atoms with Gasteiger partial charge >= 0.3 is 0 Å². The van der Waals surface area contributed by atoms with Crippen LogP contribution >= 0.6 is 0 Å². The van der Waals surface area contributed by atoms with Crippen LogP contribution in [0.3, 0.4) is 0 Å². The van der Waals surface area contributed by atoms with Crippen molar-refractivity contribution in [3.63, 3.8) is 0 Å². The lowest BCUT2D eigenvalue weighted by molar-refractivity contribution is 0.369. The summed E-state index contributed by atoms with van der Waals surface area (Å²) in [4.78, 5) is 9.34. The summed E-state index contributed by atoms with van der Waals surface area (Å²) in [5.74, 6) is 1.67. The van der Waals surface area contributed by atoms with Crippen molar-refractivity contribution >= 4 is 11.2 Å². The van der Waals surface area contributed by atoms with Crippen molar-refractivity contribution in [2.24, 2.45) is 5.73 Å². The molecule has 2 N–H and O–H groups in total. The largest absolute Gasteiger partial charge is 0.328 e. The molecule has 102 valence electrons. The van der Waals surface area contributed by atoms with Crippen molar-refractivity contribution in [3.8, 4) is 0 Å². The lowest BCUT2D eigenvalue weighted by atomic mass is 9.85. The third-order valence-electron chi connectivity index (χ3n) is 4.07. The highest BCUT2D eigenvalue weighted by Gasteiger charge is 2.26. The standard InChI is InChI=1S/C15H22N4/c1-10(2)19-14(11-5-3-6-12(16)9-11)18-13-7-4-8-17-15(13)19/h4,7-8,10-12H,3,5-6,9,16H2,1-2H3. The molecule has 0 radical (unpaired) electrons. The van der Waals surface area contributed by atoms with Gasteiger partial charge in [-0.1, -0.05) is 6.42 Å². The van der Waals surface area contributed by atoms with E-state index in [1.165, 1.54) is 18.7 Å². The Morgan fingerprint density at radius 2 is 2.21 bits per heavy atom. The average Bonchev–Trinajstić information content (AvgIpc) is 2.78. The van der Waals surface area contributed by atoms with Gasteiger partial charge in [-0.15, -0.1) is 0 Å². The third-order valence-corrected chi connectivity index (χ3v) is 4.07. The number of aromatic nitrogens is 3. The number of nitrogens with zero attached hydrogens (tertiary/aromatic N) is 3. The Bertz CT molecular complexity index is 573. The van der Waals surface area contributed by atoms with Crippen molar-refractivity contribution in [2.75, 3.05) is 0 Å². The van der Waals surface area contributed by atoms with Crippen LogP contribution in [0, 0.1) is 0 Å². The molecule has 0 spiro atoms. The summed E-state index contributed by atoms with van der Waals surface area (Å²) in [6.07, 6.45) is 6.45. The van der Waals surface area contributed by atoms with Crippen LogP contribution in [0.4, 0.5) is 0 Å². The van der Waals surface area contributed by atoms with Gasteiger partial charge in [0.15, 0.2) is 5.65 Å². The van der Waals surface area contributed by atoms with E-state index in [0.717, 1.165) is 24.0 Å². The molecule has 19 heavy (non-hydrogen) atoms. The van der Waals surface area contributed by atoms with Crippen LogP contribution in [-0.2, 0) is 0 Å². The molecule has 1 aliphatic carbocycles. The van der Waals surface area contributed by atoms with Gasteiger partial charge in [0.25, 0.3) is 0 Å². The second-order valence-corrected chi connectivity index (χ2v) is 5.90. The van der Waals surface area contributed by atoms with Gasteiger partial charge in [-0.05, 0) is 45.2 Å². The van der Waals surface area contributed by atoms with Gasteiger partial charge in [-0.3, -0.25) is 0 Å². The smallest absolute Gasteiger partial charge is 0.160 e. The minimum Gasteiger partial charge on any atom is -0.328 e. The third kappa shape index (κ3) is 2.25. The molecule has 3 rings (SSSR count). The topological polar surface area (TPSA) is 56.7 Å². The molecule has 0 aliphatic heterocycles. The van der Waals surface area contributed by atoms with Crippen LogP contribution in [0.15, 0.2) is 18.3 Å². The predicted octanol–water partition coefficient (Wildman–Crippen LogP) is 3.00. The number of fused-ring (bicyclic) bond motifs is 1. The van der Waals surface area contributed by atoms with Crippen LogP contribution in [0.2, 0.25) is 0 Å². The maximum atomic E-state index is 6.13. The highest BCUT2D eigenvalue weighted by Crippen LogP contribution is 2.34. The Kier molecular flexibility index (Phi) is 3.27. The van der Waals surface area contributed by atoms with Crippen LogP contribution < -0.4 is 5.73 Å². The minimum atomic E-state index is 0.326. The number of imidazole rings is 1.